The molecule has 0 radical (unpaired) electrons. The molecule has 1 aromatic rings. The highest BCUT2D eigenvalue weighted by Gasteiger charge is 2.15. The number of anilines is 2. The van der Waals surface area contributed by atoms with E-state index in [1.165, 1.54) is 11.5 Å². The van der Waals surface area contributed by atoms with Crippen LogP contribution in [0.4, 0.5) is 10.8 Å². The molecule has 1 unspecified atom stereocenters. The fourth-order valence-electron chi connectivity index (χ4n) is 0.957. The second kappa shape index (κ2) is 4.50. The fourth-order valence-corrected chi connectivity index (χ4v) is 1.74. The van der Waals surface area contributed by atoms with E-state index in [0.29, 0.717) is 23.5 Å². The van der Waals surface area contributed by atoms with E-state index in [0.717, 1.165) is 5.00 Å². The van der Waals surface area contributed by atoms with Crippen molar-refractivity contribution in [3.05, 3.63) is 0 Å². The Balaban J connectivity index is 2.76. The van der Waals surface area contributed by atoms with Crippen LogP contribution < -0.4 is 15.8 Å². The predicted octanol–water partition coefficient (Wildman–Crippen LogP) is 2.19. The first kappa shape index (κ1) is 11.1. The van der Waals surface area contributed by atoms with Gasteiger partial charge < -0.3 is 15.8 Å². The van der Waals surface area contributed by atoms with Gasteiger partial charge in [-0.2, -0.15) is 4.37 Å². The van der Waals surface area contributed by atoms with Crippen LogP contribution in [0, 0.1) is 5.92 Å². The standard InChI is InChI=1S/C9H17N3OS/c1-5(2)6(3)11-9-7(13-4)8(10)12-14-9/h5-6,11H,1-4H3,(H2,10,12). The highest BCUT2D eigenvalue weighted by molar-refractivity contribution is 7.11. The van der Waals surface area contributed by atoms with E-state index in [-0.39, 0.29) is 0 Å². The van der Waals surface area contributed by atoms with Crippen LogP contribution in [0.5, 0.6) is 5.75 Å². The Labute approximate surface area is 88.6 Å². The van der Waals surface area contributed by atoms with E-state index >= 15 is 0 Å². The summed E-state index contributed by atoms with van der Waals surface area (Å²) >= 11 is 1.34. The second-order valence-electron chi connectivity index (χ2n) is 3.61. The Hall–Kier alpha value is -0.970. The molecule has 0 fully saturated rings. The molecule has 0 aliphatic carbocycles. The molecule has 1 aromatic heterocycles. The van der Waals surface area contributed by atoms with Gasteiger partial charge >= 0.3 is 0 Å². The summed E-state index contributed by atoms with van der Waals surface area (Å²) in [6.45, 7) is 6.45. The van der Waals surface area contributed by atoms with Crippen molar-refractivity contribution in [2.45, 2.75) is 26.8 Å². The number of nitrogen functional groups attached to an aromatic ring is 1. The highest BCUT2D eigenvalue weighted by atomic mass is 32.1. The molecule has 1 atom stereocenters. The summed E-state index contributed by atoms with van der Waals surface area (Å²) in [5.74, 6) is 1.67. The smallest absolute Gasteiger partial charge is 0.197 e. The molecule has 4 nitrogen and oxygen atoms in total. The van der Waals surface area contributed by atoms with Crippen LogP contribution in [-0.2, 0) is 0 Å². The summed E-state index contributed by atoms with van der Waals surface area (Å²) in [6.07, 6.45) is 0. The van der Waals surface area contributed by atoms with Crippen molar-refractivity contribution in [1.82, 2.24) is 4.37 Å². The van der Waals surface area contributed by atoms with Gasteiger partial charge in [-0.25, -0.2) is 0 Å². The monoisotopic (exact) mass is 215 g/mol. The number of methoxy groups -OCH3 is 1. The zero-order valence-corrected chi connectivity index (χ0v) is 9.81. The molecule has 0 amide bonds. The van der Waals surface area contributed by atoms with Crippen LogP contribution in [0.1, 0.15) is 20.8 Å². The first-order valence-corrected chi connectivity index (χ1v) is 5.39. The van der Waals surface area contributed by atoms with Crippen LogP contribution in [0.2, 0.25) is 0 Å². The van der Waals surface area contributed by atoms with Crippen molar-refractivity contribution >= 4 is 22.4 Å². The second-order valence-corrected chi connectivity index (χ2v) is 4.38. The minimum atomic E-state index is 0.378. The average molecular weight is 215 g/mol. The summed E-state index contributed by atoms with van der Waals surface area (Å²) < 4.78 is 9.19. The maximum Gasteiger partial charge on any atom is 0.197 e. The summed E-state index contributed by atoms with van der Waals surface area (Å²) in [7, 11) is 1.60. The maximum atomic E-state index is 5.64. The average Bonchev–Trinajstić information content (AvgIpc) is 2.46. The number of rotatable bonds is 4. The molecular formula is C9H17N3OS. The number of hydrogen-bond acceptors (Lipinski definition) is 5. The topological polar surface area (TPSA) is 60.2 Å². The normalized spacial score (nSPS) is 12.9. The quantitative estimate of drug-likeness (QED) is 0.808. The minimum Gasteiger partial charge on any atom is -0.490 e. The van der Waals surface area contributed by atoms with E-state index in [9.17, 15) is 0 Å². The zero-order chi connectivity index (χ0) is 10.7. The Bertz CT molecular complexity index is 298. The van der Waals surface area contributed by atoms with Gasteiger partial charge in [-0.1, -0.05) is 13.8 Å². The van der Waals surface area contributed by atoms with E-state index in [2.05, 4.69) is 30.5 Å². The molecule has 80 valence electrons. The molecule has 0 bridgehead atoms. The number of aromatic nitrogens is 1. The van der Waals surface area contributed by atoms with Gasteiger partial charge in [0.25, 0.3) is 0 Å². The van der Waals surface area contributed by atoms with Crippen molar-refractivity contribution in [1.29, 1.82) is 0 Å². The van der Waals surface area contributed by atoms with Crippen molar-refractivity contribution in [2.75, 3.05) is 18.2 Å². The molecule has 0 aromatic carbocycles. The van der Waals surface area contributed by atoms with Gasteiger partial charge in [0.1, 0.15) is 0 Å². The van der Waals surface area contributed by atoms with Crippen molar-refractivity contribution < 1.29 is 4.74 Å². The molecule has 3 N–H and O–H groups in total. The Morgan fingerprint density at radius 1 is 1.43 bits per heavy atom. The molecule has 0 spiro atoms. The molecule has 0 aliphatic heterocycles. The third-order valence-electron chi connectivity index (χ3n) is 2.24. The van der Waals surface area contributed by atoms with Gasteiger partial charge in [-0.15, -0.1) is 0 Å². The minimum absolute atomic E-state index is 0.378. The lowest BCUT2D eigenvalue weighted by Crippen LogP contribution is -2.21. The van der Waals surface area contributed by atoms with Crippen LogP contribution in [-0.4, -0.2) is 17.5 Å². The van der Waals surface area contributed by atoms with Crippen LogP contribution in [0.3, 0.4) is 0 Å². The Kier molecular flexibility index (Phi) is 3.57. The SMILES string of the molecule is COc1c(N)nsc1NC(C)C(C)C. The molecule has 14 heavy (non-hydrogen) atoms. The number of hydrogen-bond donors (Lipinski definition) is 2. The molecule has 1 heterocycles. The zero-order valence-electron chi connectivity index (χ0n) is 9.00. The summed E-state index contributed by atoms with van der Waals surface area (Å²) in [5.41, 5.74) is 5.64. The molecule has 5 heteroatoms. The number of nitrogens with zero attached hydrogens (tertiary/aromatic N) is 1. The lowest BCUT2D eigenvalue weighted by Gasteiger charge is -2.17. The summed E-state index contributed by atoms with van der Waals surface area (Å²) in [5, 5.41) is 4.24. The van der Waals surface area contributed by atoms with Gasteiger partial charge in [-0.3, -0.25) is 0 Å². The van der Waals surface area contributed by atoms with Gasteiger partial charge in [-0.05, 0) is 24.4 Å². The predicted molar refractivity (Wildman–Crippen MR) is 61.0 cm³/mol. The van der Waals surface area contributed by atoms with Crippen molar-refractivity contribution in [2.24, 2.45) is 5.92 Å². The molecule has 0 saturated heterocycles. The van der Waals surface area contributed by atoms with Crippen molar-refractivity contribution in [3.8, 4) is 5.75 Å². The molecule has 0 saturated carbocycles. The van der Waals surface area contributed by atoms with Gasteiger partial charge in [0.2, 0.25) is 0 Å². The van der Waals surface area contributed by atoms with E-state index in [1.54, 1.807) is 7.11 Å². The number of nitrogens with two attached hydrogens (primary N) is 1. The van der Waals surface area contributed by atoms with Crippen LogP contribution >= 0.6 is 11.5 Å². The van der Waals surface area contributed by atoms with Crippen molar-refractivity contribution in [3.63, 3.8) is 0 Å². The van der Waals surface area contributed by atoms with Gasteiger partial charge in [0.15, 0.2) is 16.6 Å². The summed E-state index contributed by atoms with van der Waals surface area (Å²) in [4.78, 5) is 0. The van der Waals surface area contributed by atoms with Gasteiger partial charge in [0.05, 0.1) is 7.11 Å². The molecule has 1 rings (SSSR count). The fraction of sp³-hybridized carbons (Fsp3) is 0.667. The third kappa shape index (κ3) is 2.29. The van der Waals surface area contributed by atoms with Crippen LogP contribution in [0.25, 0.3) is 0 Å². The van der Waals surface area contributed by atoms with Gasteiger partial charge in [0, 0.05) is 6.04 Å². The highest BCUT2D eigenvalue weighted by Crippen LogP contribution is 2.35. The first-order valence-electron chi connectivity index (χ1n) is 4.62. The molecular weight excluding hydrogens is 198 g/mol. The molecule has 0 aliphatic rings. The maximum absolute atomic E-state index is 5.64. The van der Waals surface area contributed by atoms with E-state index in [1.807, 2.05) is 0 Å². The Morgan fingerprint density at radius 3 is 2.57 bits per heavy atom. The first-order chi connectivity index (χ1) is 6.56. The lowest BCUT2D eigenvalue weighted by molar-refractivity contribution is 0.418. The third-order valence-corrected chi connectivity index (χ3v) is 3.01. The summed E-state index contributed by atoms with van der Waals surface area (Å²) in [6, 6.07) is 0.378. The number of nitrogens with one attached hydrogen (secondary N) is 1. The number of ether oxygens (including phenoxy) is 1. The van der Waals surface area contributed by atoms with E-state index < -0.39 is 0 Å². The Morgan fingerprint density at radius 2 is 2.07 bits per heavy atom. The van der Waals surface area contributed by atoms with Crippen LogP contribution in [0.15, 0.2) is 0 Å². The van der Waals surface area contributed by atoms with E-state index in [4.69, 9.17) is 10.5 Å². The lowest BCUT2D eigenvalue weighted by atomic mass is 10.1. The largest absolute Gasteiger partial charge is 0.490 e.